The number of rotatable bonds is 5. The molecule has 0 amide bonds. The van der Waals surface area contributed by atoms with E-state index in [9.17, 15) is 4.39 Å². The highest BCUT2D eigenvalue weighted by Gasteiger charge is 2.07. The molecule has 0 fully saturated rings. The minimum Gasteiger partial charge on any atom is -0.326 e. The highest BCUT2D eigenvalue weighted by atomic mass is 19.1. The molecule has 0 unspecified atom stereocenters. The number of aryl methyl sites for hydroxylation is 1. The fraction of sp³-hybridized carbons (Fsp3) is 0.182. The average molecular weight is 319 g/mol. The molecule has 1 nitrogen and oxygen atoms in total. The van der Waals surface area contributed by atoms with Crippen molar-refractivity contribution in [3.05, 3.63) is 83.7 Å². The molecular weight excluding hydrogens is 297 g/mol. The molecule has 0 aliphatic carbocycles. The third kappa shape index (κ3) is 3.55. The number of hydrogen-bond donors (Lipinski definition) is 1. The molecule has 0 aliphatic heterocycles. The van der Waals surface area contributed by atoms with Crippen LogP contribution in [-0.4, -0.2) is 0 Å². The van der Waals surface area contributed by atoms with Crippen molar-refractivity contribution in [2.45, 2.75) is 26.3 Å². The zero-order chi connectivity index (χ0) is 16.9. The Kier molecular flexibility index (Phi) is 5.07. The SMILES string of the molecule is CCCc1ccc(-c2ccc(-c3ccc(CN)cc3)c(F)c2)cc1. The Morgan fingerprint density at radius 3 is 1.92 bits per heavy atom. The minimum absolute atomic E-state index is 0.203. The topological polar surface area (TPSA) is 26.0 Å². The lowest BCUT2D eigenvalue weighted by atomic mass is 9.98. The molecule has 2 N–H and O–H groups in total. The van der Waals surface area contributed by atoms with Crippen LogP contribution in [0.1, 0.15) is 24.5 Å². The minimum atomic E-state index is -0.203. The summed E-state index contributed by atoms with van der Waals surface area (Å²) in [6.45, 7) is 2.66. The summed E-state index contributed by atoms with van der Waals surface area (Å²) in [6, 6.07) is 21.5. The maximum absolute atomic E-state index is 14.6. The van der Waals surface area contributed by atoms with Gasteiger partial charge in [0.15, 0.2) is 0 Å². The summed E-state index contributed by atoms with van der Waals surface area (Å²) in [5, 5.41) is 0. The Morgan fingerprint density at radius 1 is 0.750 bits per heavy atom. The zero-order valence-corrected chi connectivity index (χ0v) is 13.9. The van der Waals surface area contributed by atoms with E-state index in [4.69, 9.17) is 5.73 Å². The molecule has 3 rings (SSSR count). The second kappa shape index (κ2) is 7.41. The normalized spacial score (nSPS) is 10.8. The van der Waals surface area contributed by atoms with Crippen LogP contribution in [0, 0.1) is 5.82 Å². The molecule has 122 valence electrons. The van der Waals surface area contributed by atoms with E-state index >= 15 is 0 Å². The molecule has 0 bridgehead atoms. The molecule has 0 spiro atoms. The molecule has 3 aromatic rings. The van der Waals surface area contributed by atoms with E-state index in [1.807, 2.05) is 36.4 Å². The summed E-state index contributed by atoms with van der Waals surface area (Å²) < 4.78 is 14.6. The van der Waals surface area contributed by atoms with Crippen LogP contribution in [0.25, 0.3) is 22.3 Å². The van der Waals surface area contributed by atoms with Crippen molar-refractivity contribution in [2.24, 2.45) is 5.73 Å². The van der Waals surface area contributed by atoms with E-state index in [0.29, 0.717) is 12.1 Å². The van der Waals surface area contributed by atoms with Crippen molar-refractivity contribution < 1.29 is 4.39 Å². The molecule has 3 aromatic carbocycles. The van der Waals surface area contributed by atoms with Gasteiger partial charge in [-0.05, 0) is 40.3 Å². The molecule has 0 aliphatic rings. The van der Waals surface area contributed by atoms with Crippen LogP contribution >= 0.6 is 0 Å². The maximum atomic E-state index is 14.6. The lowest BCUT2D eigenvalue weighted by Gasteiger charge is -2.08. The van der Waals surface area contributed by atoms with Gasteiger partial charge < -0.3 is 5.73 Å². The Balaban J connectivity index is 1.88. The Bertz CT molecular complexity index is 804. The van der Waals surface area contributed by atoms with E-state index in [1.165, 1.54) is 5.56 Å². The third-order valence-corrected chi connectivity index (χ3v) is 4.30. The molecule has 0 radical (unpaired) electrons. The smallest absolute Gasteiger partial charge is 0.131 e. The Hall–Kier alpha value is -2.45. The van der Waals surface area contributed by atoms with Crippen molar-refractivity contribution >= 4 is 0 Å². The maximum Gasteiger partial charge on any atom is 0.131 e. The summed E-state index contributed by atoms with van der Waals surface area (Å²) in [4.78, 5) is 0. The van der Waals surface area contributed by atoms with E-state index in [-0.39, 0.29) is 5.82 Å². The van der Waals surface area contributed by atoms with Gasteiger partial charge in [0.25, 0.3) is 0 Å². The van der Waals surface area contributed by atoms with Gasteiger partial charge in [-0.3, -0.25) is 0 Å². The summed E-state index contributed by atoms with van der Waals surface area (Å²) in [5.74, 6) is -0.203. The average Bonchev–Trinajstić information content (AvgIpc) is 2.63. The third-order valence-electron chi connectivity index (χ3n) is 4.30. The molecule has 0 heterocycles. The molecule has 0 atom stereocenters. The van der Waals surface area contributed by atoms with Crippen molar-refractivity contribution in [3.8, 4) is 22.3 Å². The number of benzene rings is 3. The second-order valence-corrected chi connectivity index (χ2v) is 6.04. The van der Waals surface area contributed by atoms with Gasteiger partial charge in [0.1, 0.15) is 5.82 Å². The Labute approximate surface area is 143 Å². The number of hydrogen-bond acceptors (Lipinski definition) is 1. The van der Waals surface area contributed by atoms with Gasteiger partial charge in [0.05, 0.1) is 0 Å². The van der Waals surface area contributed by atoms with Crippen LogP contribution in [0.3, 0.4) is 0 Å². The molecular formula is C22H22FN. The van der Waals surface area contributed by atoms with Crippen LogP contribution in [0.2, 0.25) is 0 Å². The second-order valence-electron chi connectivity index (χ2n) is 6.04. The predicted octanol–water partition coefficient (Wildman–Crippen LogP) is 5.57. The fourth-order valence-corrected chi connectivity index (χ4v) is 2.90. The quantitative estimate of drug-likeness (QED) is 0.653. The molecule has 2 heteroatoms. The summed E-state index contributed by atoms with van der Waals surface area (Å²) in [5.41, 5.74) is 11.4. The zero-order valence-electron chi connectivity index (χ0n) is 13.9. The van der Waals surface area contributed by atoms with Gasteiger partial charge in [-0.1, -0.05) is 74.0 Å². The highest BCUT2D eigenvalue weighted by molar-refractivity contribution is 5.71. The molecule has 0 saturated heterocycles. The highest BCUT2D eigenvalue weighted by Crippen LogP contribution is 2.28. The van der Waals surface area contributed by atoms with Crippen LogP contribution in [0.5, 0.6) is 0 Å². The summed E-state index contributed by atoms with van der Waals surface area (Å²) >= 11 is 0. The van der Waals surface area contributed by atoms with E-state index in [0.717, 1.165) is 35.1 Å². The standard InChI is InChI=1S/C22H22FN/c1-2-3-16-4-8-18(9-5-16)20-12-13-21(22(23)14-20)19-10-6-17(15-24)7-11-19/h4-14H,2-3,15,24H2,1H3. The first-order valence-corrected chi connectivity index (χ1v) is 8.39. The summed E-state index contributed by atoms with van der Waals surface area (Å²) in [7, 11) is 0. The van der Waals surface area contributed by atoms with Gasteiger partial charge in [0, 0.05) is 12.1 Å². The number of nitrogens with two attached hydrogens (primary N) is 1. The van der Waals surface area contributed by atoms with Gasteiger partial charge in [-0.25, -0.2) is 4.39 Å². The lowest BCUT2D eigenvalue weighted by Crippen LogP contribution is -1.95. The van der Waals surface area contributed by atoms with Gasteiger partial charge in [0.2, 0.25) is 0 Å². The van der Waals surface area contributed by atoms with Crippen LogP contribution < -0.4 is 5.73 Å². The van der Waals surface area contributed by atoms with Crippen molar-refractivity contribution in [1.29, 1.82) is 0 Å². The Morgan fingerprint density at radius 2 is 1.33 bits per heavy atom. The van der Waals surface area contributed by atoms with Crippen LogP contribution in [0.4, 0.5) is 4.39 Å². The van der Waals surface area contributed by atoms with E-state index in [2.05, 4.69) is 31.2 Å². The lowest BCUT2D eigenvalue weighted by molar-refractivity contribution is 0.632. The van der Waals surface area contributed by atoms with E-state index < -0.39 is 0 Å². The fourth-order valence-electron chi connectivity index (χ4n) is 2.90. The molecule has 0 aromatic heterocycles. The van der Waals surface area contributed by atoms with Crippen molar-refractivity contribution in [2.75, 3.05) is 0 Å². The first-order chi connectivity index (χ1) is 11.7. The van der Waals surface area contributed by atoms with Gasteiger partial charge in [-0.2, -0.15) is 0 Å². The monoisotopic (exact) mass is 319 g/mol. The van der Waals surface area contributed by atoms with Gasteiger partial charge in [-0.15, -0.1) is 0 Å². The largest absolute Gasteiger partial charge is 0.326 e. The predicted molar refractivity (Wildman–Crippen MR) is 99.2 cm³/mol. The number of halogens is 1. The van der Waals surface area contributed by atoms with Gasteiger partial charge >= 0.3 is 0 Å². The van der Waals surface area contributed by atoms with Crippen LogP contribution in [-0.2, 0) is 13.0 Å². The van der Waals surface area contributed by atoms with Crippen molar-refractivity contribution in [1.82, 2.24) is 0 Å². The molecule has 0 saturated carbocycles. The molecule has 24 heavy (non-hydrogen) atoms. The summed E-state index contributed by atoms with van der Waals surface area (Å²) in [6.07, 6.45) is 2.21. The first-order valence-electron chi connectivity index (χ1n) is 8.39. The van der Waals surface area contributed by atoms with E-state index in [1.54, 1.807) is 6.07 Å². The van der Waals surface area contributed by atoms with Crippen LogP contribution in [0.15, 0.2) is 66.7 Å². The van der Waals surface area contributed by atoms with Crippen molar-refractivity contribution in [3.63, 3.8) is 0 Å². The first kappa shape index (κ1) is 16.4.